The van der Waals surface area contributed by atoms with Gasteiger partial charge in [0.05, 0.1) is 31.4 Å². The summed E-state index contributed by atoms with van der Waals surface area (Å²) < 4.78 is 7.20. The summed E-state index contributed by atoms with van der Waals surface area (Å²) in [7, 11) is 1.71. The normalized spacial score (nSPS) is 18.4. The first-order valence-electron chi connectivity index (χ1n) is 12.0. The van der Waals surface area contributed by atoms with Crippen LogP contribution in [0.1, 0.15) is 43.6 Å². The molecule has 33 heavy (non-hydrogen) atoms. The molecule has 2 fully saturated rings. The third kappa shape index (κ3) is 7.05. The van der Waals surface area contributed by atoms with Crippen molar-refractivity contribution in [1.82, 2.24) is 29.8 Å². The molecule has 0 aliphatic carbocycles. The van der Waals surface area contributed by atoms with Crippen LogP contribution in [0.2, 0.25) is 0 Å². The van der Waals surface area contributed by atoms with Crippen molar-refractivity contribution in [2.75, 3.05) is 59.5 Å². The summed E-state index contributed by atoms with van der Waals surface area (Å²) in [5.74, 6) is 1.22. The summed E-state index contributed by atoms with van der Waals surface area (Å²) in [4.78, 5) is 24.4. The molecule has 0 aromatic carbocycles. The van der Waals surface area contributed by atoms with E-state index in [0.29, 0.717) is 13.2 Å². The van der Waals surface area contributed by atoms with Crippen LogP contribution in [0.4, 0.5) is 0 Å². The van der Waals surface area contributed by atoms with Crippen LogP contribution >= 0.6 is 24.0 Å². The zero-order valence-corrected chi connectivity index (χ0v) is 23.3. The predicted octanol–water partition coefficient (Wildman–Crippen LogP) is 1.86. The Morgan fingerprint density at radius 1 is 1.12 bits per heavy atom. The van der Waals surface area contributed by atoms with Gasteiger partial charge >= 0.3 is 0 Å². The summed E-state index contributed by atoms with van der Waals surface area (Å²) in [6.07, 6.45) is 2.28. The number of rotatable bonds is 8. The summed E-state index contributed by atoms with van der Waals surface area (Å²) >= 11 is 0. The molecule has 1 aromatic rings. The molecular weight excluding hydrogens is 533 g/mol. The van der Waals surface area contributed by atoms with Crippen LogP contribution in [0.5, 0.6) is 0 Å². The van der Waals surface area contributed by atoms with Crippen LogP contribution in [-0.4, -0.2) is 102 Å². The van der Waals surface area contributed by atoms with E-state index in [-0.39, 0.29) is 35.9 Å². The average Bonchev–Trinajstić information content (AvgIpc) is 3.43. The molecule has 1 atom stereocenters. The number of nitrogens with one attached hydrogen (secondary N) is 1. The van der Waals surface area contributed by atoms with Gasteiger partial charge in [-0.15, -0.1) is 24.0 Å². The maximum absolute atomic E-state index is 12.8. The molecule has 3 rings (SSSR count). The van der Waals surface area contributed by atoms with Gasteiger partial charge in [-0.05, 0) is 40.5 Å². The number of halogens is 1. The maximum Gasteiger partial charge on any atom is 0.239 e. The van der Waals surface area contributed by atoms with Crippen molar-refractivity contribution in [2.24, 2.45) is 4.99 Å². The van der Waals surface area contributed by atoms with Gasteiger partial charge in [-0.25, -0.2) is 4.99 Å². The molecule has 2 aliphatic heterocycles. The molecule has 2 aliphatic rings. The second-order valence-corrected chi connectivity index (χ2v) is 8.77. The van der Waals surface area contributed by atoms with Crippen molar-refractivity contribution in [3.8, 4) is 0 Å². The Kier molecular flexibility index (Phi) is 11.4. The van der Waals surface area contributed by atoms with Gasteiger partial charge in [-0.1, -0.05) is 0 Å². The maximum atomic E-state index is 12.8. The Morgan fingerprint density at radius 3 is 2.39 bits per heavy atom. The van der Waals surface area contributed by atoms with Gasteiger partial charge in [0.25, 0.3) is 0 Å². The average molecular weight is 576 g/mol. The summed E-state index contributed by atoms with van der Waals surface area (Å²) in [6.45, 7) is 16.5. The standard InChI is InChI=1S/C23H41N7O2.HI/c1-6-24-23(25-17-21-18(2)26-30(19(21)3)15-16-32-5)29-13-11-27(12-14-29)20(4)22(31)28-9-7-8-10-28;/h20H,6-17H2,1-5H3,(H,24,25);1H. The highest BCUT2D eigenvalue weighted by molar-refractivity contribution is 14.0. The van der Waals surface area contributed by atoms with Crippen molar-refractivity contribution in [2.45, 2.75) is 59.7 Å². The van der Waals surface area contributed by atoms with E-state index in [0.717, 1.165) is 82.5 Å². The minimum absolute atomic E-state index is 0. The number of carbonyl (C=O) groups excluding carboxylic acids is 1. The molecule has 0 spiro atoms. The number of hydrogen-bond acceptors (Lipinski definition) is 5. The van der Waals surface area contributed by atoms with Crippen LogP contribution < -0.4 is 5.32 Å². The van der Waals surface area contributed by atoms with Crippen molar-refractivity contribution >= 4 is 35.8 Å². The molecule has 0 bridgehead atoms. The van der Waals surface area contributed by atoms with E-state index in [9.17, 15) is 4.79 Å². The second kappa shape index (κ2) is 13.5. The molecule has 1 amide bonds. The van der Waals surface area contributed by atoms with Gasteiger partial charge in [-0.3, -0.25) is 14.4 Å². The fourth-order valence-corrected chi connectivity index (χ4v) is 4.62. The number of methoxy groups -OCH3 is 1. The van der Waals surface area contributed by atoms with E-state index in [1.54, 1.807) is 7.11 Å². The third-order valence-corrected chi connectivity index (χ3v) is 6.70. The van der Waals surface area contributed by atoms with Crippen LogP contribution in [0, 0.1) is 13.8 Å². The number of nitrogens with zero attached hydrogens (tertiary/aromatic N) is 6. The zero-order chi connectivity index (χ0) is 23.1. The summed E-state index contributed by atoms with van der Waals surface area (Å²) in [6, 6.07) is -0.0435. The van der Waals surface area contributed by atoms with Crippen molar-refractivity contribution in [3.63, 3.8) is 0 Å². The molecular formula is C23H42IN7O2. The Hall–Kier alpha value is -1.40. The molecule has 10 heteroatoms. The molecule has 1 N–H and O–H groups in total. The second-order valence-electron chi connectivity index (χ2n) is 8.77. The Labute approximate surface area is 215 Å². The van der Waals surface area contributed by atoms with Gasteiger partial charge in [0, 0.05) is 64.2 Å². The van der Waals surface area contributed by atoms with E-state index < -0.39 is 0 Å². The molecule has 9 nitrogen and oxygen atoms in total. The minimum atomic E-state index is -0.0435. The summed E-state index contributed by atoms with van der Waals surface area (Å²) in [5.41, 5.74) is 3.36. The van der Waals surface area contributed by atoms with Gasteiger partial charge in [0.1, 0.15) is 0 Å². The van der Waals surface area contributed by atoms with E-state index in [2.05, 4.69) is 41.0 Å². The number of aliphatic imine (C=N–C) groups is 1. The molecule has 3 heterocycles. The van der Waals surface area contributed by atoms with E-state index in [1.807, 2.05) is 16.5 Å². The van der Waals surface area contributed by atoms with Crippen molar-refractivity contribution < 1.29 is 9.53 Å². The van der Waals surface area contributed by atoms with Gasteiger partial charge in [0.15, 0.2) is 5.96 Å². The SMILES string of the molecule is CCNC(=NCc1c(C)nn(CCOC)c1C)N1CCN(C(C)C(=O)N2CCCC2)CC1.I. The lowest BCUT2D eigenvalue weighted by Crippen LogP contribution is -2.57. The van der Waals surface area contributed by atoms with Crippen molar-refractivity contribution in [3.05, 3.63) is 17.0 Å². The molecule has 1 aromatic heterocycles. The Morgan fingerprint density at radius 2 is 1.79 bits per heavy atom. The van der Waals surface area contributed by atoms with E-state index in [4.69, 9.17) is 9.73 Å². The monoisotopic (exact) mass is 575 g/mol. The smallest absolute Gasteiger partial charge is 0.239 e. The number of guanidine groups is 1. The molecule has 2 saturated heterocycles. The zero-order valence-electron chi connectivity index (χ0n) is 21.0. The predicted molar refractivity (Wildman–Crippen MR) is 142 cm³/mol. The quantitative estimate of drug-likeness (QED) is 0.290. The van der Waals surface area contributed by atoms with Crippen LogP contribution in [0.3, 0.4) is 0 Å². The topological polar surface area (TPSA) is 78.2 Å². The molecule has 1 unspecified atom stereocenters. The number of aromatic nitrogens is 2. The lowest BCUT2D eigenvalue weighted by molar-refractivity contribution is -0.135. The first-order chi connectivity index (χ1) is 15.5. The number of aryl methyl sites for hydroxylation is 1. The number of likely N-dealkylation sites (tertiary alicyclic amines) is 1. The first kappa shape index (κ1) is 27.8. The van der Waals surface area contributed by atoms with Crippen LogP contribution in [-0.2, 0) is 22.6 Å². The number of amides is 1. The van der Waals surface area contributed by atoms with E-state index in [1.165, 1.54) is 5.56 Å². The fourth-order valence-electron chi connectivity index (χ4n) is 4.62. The highest BCUT2D eigenvalue weighted by Crippen LogP contribution is 2.16. The number of carbonyl (C=O) groups is 1. The molecule has 0 saturated carbocycles. The van der Waals surface area contributed by atoms with Crippen LogP contribution in [0.25, 0.3) is 0 Å². The highest BCUT2D eigenvalue weighted by atomic mass is 127. The van der Waals surface area contributed by atoms with Gasteiger partial charge in [0.2, 0.25) is 5.91 Å². The lowest BCUT2D eigenvalue weighted by Gasteiger charge is -2.39. The first-order valence-corrected chi connectivity index (χ1v) is 12.0. The molecule has 0 radical (unpaired) electrons. The number of piperazine rings is 1. The molecule has 188 valence electrons. The highest BCUT2D eigenvalue weighted by Gasteiger charge is 2.30. The van der Waals surface area contributed by atoms with Gasteiger partial charge < -0.3 is 19.9 Å². The third-order valence-electron chi connectivity index (χ3n) is 6.70. The van der Waals surface area contributed by atoms with Gasteiger partial charge in [-0.2, -0.15) is 5.10 Å². The number of ether oxygens (including phenoxy) is 1. The minimum Gasteiger partial charge on any atom is -0.383 e. The largest absolute Gasteiger partial charge is 0.383 e. The Balaban J connectivity index is 0.00000385. The van der Waals surface area contributed by atoms with E-state index >= 15 is 0 Å². The van der Waals surface area contributed by atoms with Crippen LogP contribution in [0.15, 0.2) is 4.99 Å². The number of hydrogen-bond donors (Lipinski definition) is 1. The Bertz CT molecular complexity index is 784. The summed E-state index contributed by atoms with van der Waals surface area (Å²) in [5, 5.41) is 8.10. The fraction of sp³-hybridized carbons (Fsp3) is 0.783. The lowest BCUT2D eigenvalue weighted by atomic mass is 10.2. The van der Waals surface area contributed by atoms with Crippen molar-refractivity contribution in [1.29, 1.82) is 0 Å².